The average Bonchev–Trinajstić information content (AvgIpc) is 2.67. The van der Waals surface area contributed by atoms with Crippen molar-refractivity contribution in [3.8, 4) is 0 Å². The van der Waals surface area contributed by atoms with Crippen LogP contribution in [0.15, 0.2) is 24.3 Å². The maximum Gasteiger partial charge on any atom is 0.253 e. The second-order valence-corrected chi connectivity index (χ2v) is 5.11. The molecule has 5 heteroatoms. The van der Waals surface area contributed by atoms with E-state index >= 15 is 0 Å². The molecule has 5 nitrogen and oxygen atoms in total. The lowest BCUT2D eigenvalue weighted by molar-refractivity contribution is -0.117. The third-order valence-electron chi connectivity index (χ3n) is 3.01. The molecule has 0 saturated carbocycles. The minimum absolute atomic E-state index is 0.0303. The lowest BCUT2D eigenvalue weighted by Crippen LogP contribution is -2.34. The second-order valence-electron chi connectivity index (χ2n) is 5.11. The van der Waals surface area contributed by atoms with Gasteiger partial charge in [0.1, 0.15) is 0 Å². The molecule has 1 atom stereocenters. The molecule has 102 valence electrons. The number of carbonyl (C=O) groups excluding carboxylic acids is 2. The van der Waals surface area contributed by atoms with Gasteiger partial charge in [-0.1, -0.05) is 12.1 Å². The Labute approximate surface area is 112 Å². The summed E-state index contributed by atoms with van der Waals surface area (Å²) in [6.07, 6.45) is 0.333. The number of nitrogens with two attached hydrogens (primary N) is 1. The summed E-state index contributed by atoms with van der Waals surface area (Å²) >= 11 is 0. The lowest BCUT2D eigenvalue weighted by atomic mass is 10.1. The standard InChI is InChI=1S/C14H19N3O2/c1-9(2)16-14(19)11-5-3-4-6-12(11)17-8-10(15)7-13(17)18/h3-6,9-10H,7-8,15H2,1-2H3,(H,16,19). The molecule has 1 aliphatic heterocycles. The largest absolute Gasteiger partial charge is 0.350 e. The van der Waals surface area contributed by atoms with E-state index in [1.165, 1.54) is 0 Å². The average molecular weight is 261 g/mol. The zero-order chi connectivity index (χ0) is 14.0. The summed E-state index contributed by atoms with van der Waals surface area (Å²) in [5, 5.41) is 2.84. The molecule has 2 rings (SSSR count). The molecule has 0 aromatic heterocycles. The van der Waals surface area contributed by atoms with Crippen LogP contribution in [0.5, 0.6) is 0 Å². The van der Waals surface area contributed by atoms with Gasteiger partial charge in [-0.05, 0) is 26.0 Å². The van der Waals surface area contributed by atoms with Crippen molar-refractivity contribution in [2.45, 2.75) is 32.4 Å². The Morgan fingerprint density at radius 3 is 2.68 bits per heavy atom. The first-order valence-electron chi connectivity index (χ1n) is 6.45. The van der Waals surface area contributed by atoms with Crippen LogP contribution in [0.1, 0.15) is 30.6 Å². The minimum atomic E-state index is -0.168. The van der Waals surface area contributed by atoms with Crippen molar-refractivity contribution in [1.82, 2.24) is 5.32 Å². The zero-order valence-corrected chi connectivity index (χ0v) is 11.2. The second kappa shape index (κ2) is 5.40. The van der Waals surface area contributed by atoms with E-state index in [9.17, 15) is 9.59 Å². The Morgan fingerprint density at radius 2 is 2.11 bits per heavy atom. The molecule has 1 aromatic rings. The Bertz CT molecular complexity index is 499. The Hall–Kier alpha value is -1.88. The number of hydrogen-bond acceptors (Lipinski definition) is 3. The highest BCUT2D eigenvalue weighted by atomic mass is 16.2. The summed E-state index contributed by atoms with van der Waals surface area (Å²) in [6, 6.07) is 7.01. The summed E-state index contributed by atoms with van der Waals surface area (Å²) in [7, 11) is 0. The summed E-state index contributed by atoms with van der Waals surface area (Å²) < 4.78 is 0. The van der Waals surface area contributed by atoms with Crippen molar-refractivity contribution < 1.29 is 9.59 Å². The molecule has 1 aliphatic rings. The lowest BCUT2D eigenvalue weighted by Gasteiger charge is -2.20. The molecule has 1 aromatic carbocycles. The fourth-order valence-corrected chi connectivity index (χ4v) is 2.21. The fraction of sp³-hybridized carbons (Fsp3) is 0.429. The first kappa shape index (κ1) is 13.5. The van der Waals surface area contributed by atoms with Gasteiger partial charge in [0.05, 0.1) is 11.3 Å². The van der Waals surface area contributed by atoms with Gasteiger partial charge in [0.15, 0.2) is 0 Å². The topological polar surface area (TPSA) is 75.4 Å². The molecular weight excluding hydrogens is 242 g/mol. The first-order chi connectivity index (χ1) is 8.99. The highest BCUT2D eigenvalue weighted by molar-refractivity contribution is 6.05. The molecule has 1 unspecified atom stereocenters. The van der Waals surface area contributed by atoms with Crippen LogP contribution in [0.3, 0.4) is 0 Å². The number of nitrogens with one attached hydrogen (secondary N) is 1. The number of nitrogens with zero attached hydrogens (tertiary/aromatic N) is 1. The van der Waals surface area contributed by atoms with Crippen molar-refractivity contribution in [3.63, 3.8) is 0 Å². The van der Waals surface area contributed by atoms with Crippen LogP contribution in [0, 0.1) is 0 Å². The van der Waals surface area contributed by atoms with Gasteiger partial charge in [0.2, 0.25) is 5.91 Å². The quantitative estimate of drug-likeness (QED) is 0.848. The van der Waals surface area contributed by atoms with Crippen molar-refractivity contribution in [3.05, 3.63) is 29.8 Å². The van der Waals surface area contributed by atoms with E-state index in [1.807, 2.05) is 19.9 Å². The van der Waals surface area contributed by atoms with Crippen molar-refractivity contribution >= 4 is 17.5 Å². The summed E-state index contributed by atoms with van der Waals surface area (Å²) in [5.74, 6) is -0.198. The van der Waals surface area contributed by atoms with Crippen LogP contribution >= 0.6 is 0 Å². The predicted molar refractivity (Wildman–Crippen MR) is 74.0 cm³/mol. The van der Waals surface area contributed by atoms with Crippen molar-refractivity contribution in [1.29, 1.82) is 0 Å². The monoisotopic (exact) mass is 261 g/mol. The van der Waals surface area contributed by atoms with E-state index in [2.05, 4.69) is 5.32 Å². The molecule has 0 aliphatic carbocycles. The first-order valence-corrected chi connectivity index (χ1v) is 6.45. The van der Waals surface area contributed by atoms with Gasteiger partial charge >= 0.3 is 0 Å². The van der Waals surface area contributed by atoms with Gasteiger partial charge in [-0.2, -0.15) is 0 Å². The van der Waals surface area contributed by atoms with E-state index in [4.69, 9.17) is 5.73 Å². The molecule has 1 heterocycles. The molecule has 19 heavy (non-hydrogen) atoms. The molecule has 2 amide bonds. The van der Waals surface area contributed by atoms with E-state index in [1.54, 1.807) is 23.1 Å². The number of hydrogen-bond donors (Lipinski definition) is 2. The van der Waals surface area contributed by atoms with E-state index in [-0.39, 0.29) is 23.9 Å². The van der Waals surface area contributed by atoms with Gasteiger partial charge in [-0.25, -0.2) is 0 Å². The maximum atomic E-state index is 12.1. The number of amides is 2. The zero-order valence-electron chi connectivity index (χ0n) is 11.2. The molecule has 0 bridgehead atoms. The normalized spacial score (nSPS) is 19.1. The van der Waals surface area contributed by atoms with Gasteiger partial charge in [-0.3, -0.25) is 9.59 Å². The Balaban J connectivity index is 2.31. The smallest absolute Gasteiger partial charge is 0.253 e. The highest BCUT2D eigenvalue weighted by Crippen LogP contribution is 2.25. The van der Waals surface area contributed by atoms with Crippen LogP contribution in [-0.4, -0.2) is 30.4 Å². The van der Waals surface area contributed by atoms with Crippen LogP contribution in [-0.2, 0) is 4.79 Å². The molecule has 3 N–H and O–H groups in total. The Morgan fingerprint density at radius 1 is 1.42 bits per heavy atom. The molecule has 0 spiro atoms. The third-order valence-corrected chi connectivity index (χ3v) is 3.01. The number of benzene rings is 1. The van der Waals surface area contributed by atoms with Crippen LogP contribution in [0.2, 0.25) is 0 Å². The summed E-state index contributed by atoms with van der Waals surface area (Å²) in [5.41, 5.74) is 6.95. The van der Waals surface area contributed by atoms with Crippen LogP contribution in [0.25, 0.3) is 0 Å². The van der Waals surface area contributed by atoms with Crippen LogP contribution < -0.4 is 16.0 Å². The SMILES string of the molecule is CC(C)NC(=O)c1ccccc1N1CC(N)CC1=O. The van der Waals surface area contributed by atoms with Crippen molar-refractivity contribution in [2.75, 3.05) is 11.4 Å². The van der Waals surface area contributed by atoms with E-state index in [0.717, 1.165) is 0 Å². The number of para-hydroxylation sites is 1. The minimum Gasteiger partial charge on any atom is -0.350 e. The fourth-order valence-electron chi connectivity index (χ4n) is 2.21. The number of rotatable bonds is 3. The predicted octanol–water partition coefficient (Wildman–Crippen LogP) is 0.889. The van der Waals surface area contributed by atoms with Crippen molar-refractivity contribution in [2.24, 2.45) is 5.73 Å². The van der Waals surface area contributed by atoms with Gasteiger partial charge in [0.25, 0.3) is 5.91 Å². The van der Waals surface area contributed by atoms with E-state index < -0.39 is 0 Å². The van der Waals surface area contributed by atoms with Gasteiger partial charge in [-0.15, -0.1) is 0 Å². The summed E-state index contributed by atoms with van der Waals surface area (Å²) in [4.78, 5) is 25.6. The Kier molecular flexibility index (Phi) is 3.85. The van der Waals surface area contributed by atoms with Gasteiger partial charge < -0.3 is 16.0 Å². The molecule has 1 fully saturated rings. The number of anilines is 1. The molecular formula is C14H19N3O2. The summed E-state index contributed by atoms with van der Waals surface area (Å²) in [6.45, 7) is 4.26. The molecule has 0 radical (unpaired) electrons. The van der Waals surface area contributed by atoms with E-state index in [0.29, 0.717) is 24.2 Å². The van der Waals surface area contributed by atoms with Gasteiger partial charge in [0, 0.05) is 25.0 Å². The molecule has 1 saturated heterocycles. The third kappa shape index (κ3) is 2.93. The van der Waals surface area contributed by atoms with Crippen LogP contribution in [0.4, 0.5) is 5.69 Å². The highest BCUT2D eigenvalue weighted by Gasteiger charge is 2.30. The number of carbonyl (C=O) groups is 2. The maximum absolute atomic E-state index is 12.1.